The fourth-order valence-electron chi connectivity index (χ4n) is 3.09. The number of ether oxygens (including phenoxy) is 1. The largest absolute Gasteiger partial charge is 0.487 e. The van der Waals surface area contributed by atoms with Crippen LogP contribution in [0.3, 0.4) is 0 Å². The Kier molecular flexibility index (Phi) is 5.38. The van der Waals surface area contributed by atoms with E-state index in [1.165, 1.54) is 0 Å². The van der Waals surface area contributed by atoms with Crippen molar-refractivity contribution in [3.8, 4) is 5.75 Å². The minimum absolute atomic E-state index is 0.360. The van der Waals surface area contributed by atoms with E-state index in [0.717, 1.165) is 16.6 Å². The van der Waals surface area contributed by atoms with Gasteiger partial charge in [0.15, 0.2) is 6.04 Å². The number of fused-ring (bicyclic) bond motifs is 1. The van der Waals surface area contributed by atoms with E-state index in [9.17, 15) is 9.90 Å². The van der Waals surface area contributed by atoms with E-state index < -0.39 is 12.0 Å². The molecule has 1 heterocycles. The van der Waals surface area contributed by atoms with Crippen LogP contribution >= 0.6 is 0 Å². The quantitative estimate of drug-likeness (QED) is 0.466. The maximum absolute atomic E-state index is 11.6. The van der Waals surface area contributed by atoms with E-state index >= 15 is 0 Å². The highest BCUT2D eigenvalue weighted by atomic mass is 16.5. The molecule has 0 aliphatic carbocycles. The summed E-state index contributed by atoms with van der Waals surface area (Å²) in [4.78, 5) is 16.2. The molecule has 0 spiro atoms. The zero-order valence-corrected chi connectivity index (χ0v) is 15.7. The third-order valence-electron chi connectivity index (χ3n) is 4.59. The van der Waals surface area contributed by atoms with Gasteiger partial charge in [-0.1, -0.05) is 54.6 Å². The Balaban J connectivity index is 1.41. The molecule has 0 saturated heterocycles. The predicted molar refractivity (Wildman–Crippen MR) is 113 cm³/mol. The summed E-state index contributed by atoms with van der Waals surface area (Å²) in [5.74, 6) is -0.240. The third kappa shape index (κ3) is 4.52. The Hall–Kier alpha value is -3.86. The van der Waals surface area contributed by atoms with Gasteiger partial charge in [-0.2, -0.15) is 0 Å². The van der Waals surface area contributed by atoms with Crippen molar-refractivity contribution in [2.75, 3.05) is 5.32 Å². The molecule has 0 radical (unpaired) electrons. The maximum Gasteiger partial charge on any atom is 0.330 e. The van der Waals surface area contributed by atoms with Crippen LogP contribution in [0, 0.1) is 0 Å². The first-order chi connectivity index (χ1) is 14.2. The van der Waals surface area contributed by atoms with Crippen molar-refractivity contribution in [1.82, 2.24) is 4.98 Å². The summed E-state index contributed by atoms with van der Waals surface area (Å²) in [7, 11) is 0. The maximum atomic E-state index is 11.6. The topological polar surface area (TPSA) is 71.5 Å². The molecule has 3 aromatic carbocycles. The minimum atomic E-state index is -0.932. The molecule has 4 aromatic rings. The fourth-order valence-corrected chi connectivity index (χ4v) is 3.09. The number of anilines is 1. The smallest absolute Gasteiger partial charge is 0.330 e. The number of carbonyl (C=O) groups is 1. The van der Waals surface area contributed by atoms with Gasteiger partial charge in [-0.15, -0.1) is 0 Å². The number of aliphatic carboxylic acids is 1. The van der Waals surface area contributed by atoms with Crippen molar-refractivity contribution in [3.63, 3.8) is 0 Å². The Morgan fingerprint density at radius 3 is 2.38 bits per heavy atom. The van der Waals surface area contributed by atoms with Gasteiger partial charge in [0.05, 0.1) is 11.2 Å². The summed E-state index contributed by atoms with van der Waals surface area (Å²) in [6, 6.07) is 27.5. The number of pyridine rings is 1. The number of carboxylic acids is 1. The van der Waals surface area contributed by atoms with Gasteiger partial charge in [0.25, 0.3) is 0 Å². The molecule has 5 heteroatoms. The van der Waals surface area contributed by atoms with Crippen molar-refractivity contribution >= 4 is 22.6 Å². The Morgan fingerprint density at radius 2 is 1.62 bits per heavy atom. The first-order valence-corrected chi connectivity index (χ1v) is 9.31. The number of aromatic nitrogens is 1. The van der Waals surface area contributed by atoms with Gasteiger partial charge < -0.3 is 15.2 Å². The van der Waals surface area contributed by atoms with E-state index in [1.807, 2.05) is 78.9 Å². The SMILES string of the molecule is O=C(O)[C@@H](Nc1ccc(OCc2ccc3ccccc3n2)cc1)c1ccccc1. The molecule has 0 aliphatic heterocycles. The van der Waals surface area contributed by atoms with Gasteiger partial charge in [0.1, 0.15) is 12.4 Å². The molecule has 0 fully saturated rings. The van der Waals surface area contributed by atoms with Gasteiger partial charge >= 0.3 is 5.97 Å². The lowest BCUT2D eigenvalue weighted by atomic mass is 10.1. The lowest BCUT2D eigenvalue weighted by Gasteiger charge is -2.16. The van der Waals surface area contributed by atoms with Gasteiger partial charge in [-0.05, 0) is 42.0 Å². The van der Waals surface area contributed by atoms with E-state index in [0.29, 0.717) is 23.6 Å². The Labute approximate surface area is 168 Å². The molecule has 0 unspecified atom stereocenters. The molecule has 5 nitrogen and oxygen atoms in total. The van der Waals surface area contributed by atoms with Crippen LogP contribution in [0.4, 0.5) is 5.69 Å². The number of para-hydroxylation sites is 1. The van der Waals surface area contributed by atoms with Crippen LogP contribution in [-0.2, 0) is 11.4 Å². The molecular formula is C24H20N2O3. The summed E-state index contributed by atoms with van der Waals surface area (Å²) in [5.41, 5.74) is 3.19. The van der Waals surface area contributed by atoms with Crippen LogP contribution in [0.1, 0.15) is 17.3 Å². The van der Waals surface area contributed by atoms with E-state index in [4.69, 9.17) is 4.74 Å². The van der Waals surface area contributed by atoms with Crippen LogP contribution in [0.5, 0.6) is 5.75 Å². The summed E-state index contributed by atoms with van der Waals surface area (Å²) in [6.45, 7) is 0.360. The first kappa shape index (κ1) is 18.5. The first-order valence-electron chi connectivity index (χ1n) is 9.31. The average molecular weight is 384 g/mol. The van der Waals surface area contributed by atoms with Gasteiger partial charge in [-0.25, -0.2) is 9.78 Å². The molecule has 0 saturated carbocycles. The predicted octanol–water partition coefficient (Wildman–Crippen LogP) is 5.05. The standard InChI is InChI=1S/C24H20N2O3/c27-24(28)23(18-7-2-1-3-8-18)26-19-12-14-21(15-13-19)29-16-20-11-10-17-6-4-5-9-22(17)25-20/h1-15,23,26H,16H2,(H,27,28)/t23-/m0/s1. The lowest BCUT2D eigenvalue weighted by Crippen LogP contribution is -2.20. The number of nitrogens with zero attached hydrogens (tertiary/aromatic N) is 1. The fraction of sp³-hybridized carbons (Fsp3) is 0.0833. The lowest BCUT2D eigenvalue weighted by molar-refractivity contribution is -0.138. The zero-order chi connectivity index (χ0) is 20.1. The van der Waals surface area contributed by atoms with Crippen LogP contribution in [0.2, 0.25) is 0 Å². The molecule has 1 atom stereocenters. The number of carboxylic acid groups (broad SMARTS) is 1. The second kappa shape index (κ2) is 8.44. The van der Waals surface area contributed by atoms with E-state index in [-0.39, 0.29) is 0 Å². The van der Waals surface area contributed by atoms with Gasteiger partial charge in [0, 0.05) is 11.1 Å². The zero-order valence-electron chi connectivity index (χ0n) is 15.7. The van der Waals surface area contributed by atoms with Crippen molar-refractivity contribution in [2.24, 2.45) is 0 Å². The molecule has 1 aromatic heterocycles. The molecule has 29 heavy (non-hydrogen) atoms. The van der Waals surface area contributed by atoms with Crippen molar-refractivity contribution < 1.29 is 14.6 Å². The summed E-state index contributed by atoms with van der Waals surface area (Å²) in [5, 5.41) is 13.7. The molecule has 0 bridgehead atoms. The molecule has 0 amide bonds. The summed E-state index contributed by atoms with van der Waals surface area (Å²) >= 11 is 0. The monoisotopic (exact) mass is 384 g/mol. The second-order valence-electron chi connectivity index (χ2n) is 6.63. The summed E-state index contributed by atoms with van der Waals surface area (Å²) in [6.07, 6.45) is 0. The second-order valence-corrected chi connectivity index (χ2v) is 6.63. The third-order valence-corrected chi connectivity index (χ3v) is 4.59. The molecule has 4 rings (SSSR count). The number of benzene rings is 3. The molecule has 144 valence electrons. The Morgan fingerprint density at radius 1 is 0.897 bits per heavy atom. The van der Waals surface area contributed by atoms with Gasteiger partial charge in [-0.3, -0.25) is 0 Å². The van der Waals surface area contributed by atoms with Crippen LogP contribution in [0.15, 0.2) is 91.0 Å². The molecular weight excluding hydrogens is 364 g/mol. The highest BCUT2D eigenvalue weighted by molar-refractivity contribution is 5.79. The number of hydrogen-bond acceptors (Lipinski definition) is 4. The van der Waals surface area contributed by atoms with Gasteiger partial charge in [0.2, 0.25) is 0 Å². The van der Waals surface area contributed by atoms with Crippen molar-refractivity contribution in [3.05, 3.63) is 102 Å². The highest BCUT2D eigenvalue weighted by Crippen LogP contribution is 2.23. The highest BCUT2D eigenvalue weighted by Gasteiger charge is 2.19. The minimum Gasteiger partial charge on any atom is -0.487 e. The summed E-state index contributed by atoms with van der Waals surface area (Å²) < 4.78 is 5.83. The van der Waals surface area contributed by atoms with E-state index in [2.05, 4.69) is 10.3 Å². The van der Waals surface area contributed by atoms with Crippen LogP contribution in [-0.4, -0.2) is 16.1 Å². The number of rotatable bonds is 7. The average Bonchev–Trinajstić information content (AvgIpc) is 2.77. The van der Waals surface area contributed by atoms with Crippen LogP contribution < -0.4 is 10.1 Å². The van der Waals surface area contributed by atoms with Crippen LogP contribution in [0.25, 0.3) is 10.9 Å². The van der Waals surface area contributed by atoms with E-state index in [1.54, 1.807) is 12.1 Å². The van der Waals surface area contributed by atoms with Crippen molar-refractivity contribution in [1.29, 1.82) is 0 Å². The molecule has 0 aliphatic rings. The number of nitrogens with one attached hydrogen (secondary N) is 1. The molecule has 2 N–H and O–H groups in total. The normalized spacial score (nSPS) is 11.7. The number of hydrogen-bond donors (Lipinski definition) is 2. The Bertz CT molecular complexity index is 1110. The van der Waals surface area contributed by atoms with Crippen molar-refractivity contribution in [2.45, 2.75) is 12.6 Å².